The van der Waals surface area contributed by atoms with E-state index in [1.54, 1.807) is 18.2 Å². The van der Waals surface area contributed by atoms with Crippen LogP contribution in [0.5, 0.6) is 5.75 Å². The summed E-state index contributed by atoms with van der Waals surface area (Å²) in [5.74, 6) is 0.314. The van der Waals surface area contributed by atoms with E-state index in [1.807, 2.05) is 54.6 Å². The molecule has 1 aromatic heterocycles. The Labute approximate surface area is 249 Å². The molecule has 10 heteroatoms. The summed E-state index contributed by atoms with van der Waals surface area (Å²) in [5, 5.41) is 6.39. The molecule has 2 spiro atoms. The summed E-state index contributed by atoms with van der Waals surface area (Å²) in [6, 6.07) is 16.9. The number of ether oxygens (including phenoxy) is 3. The predicted octanol–water partition coefficient (Wildman–Crippen LogP) is 2.15. The first-order valence-corrected chi connectivity index (χ1v) is 14.7. The van der Waals surface area contributed by atoms with Crippen LogP contribution < -0.4 is 15.4 Å². The van der Waals surface area contributed by atoms with Crippen molar-refractivity contribution in [1.29, 1.82) is 0 Å². The molecule has 3 aromatic rings. The van der Waals surface area contributed by atoms with Gasteiger partial charge in [0.2, 0.25) is 11.8 Å². The molecule has 4 aliphatic rings. The number of hydrogen-bond donors (Lipinski definition) is 2. The van der Waals surface area contributed by atoms with Crippen LogP contribution in [0.1, 0.15) is 34.0 Å². The van der Waals surface area contributed by atoms with Gasteiger partial charge in [0.1, 0.15) is 23.6 Å². The summed E-state index contributed by atoms with van der Waals surface area (Å²) in [7, 11) is 1.60. The lowest BCUT2D eigenvalue weighted by atomic mass is 9.78. The second kappa shape index (κ2) is 10.9. The number of carbonyl (C=O) groups is 3. The quantitative estimate of drug-likeness (QED) is 0.470. The molecule has 0 saturated carbocycles. The molecular weight excluding hydrogens is 548 g/mol. The van der Waals surface area contributed by atoms with Gasteiger partial charge in [-0.2, -0.15) is 0 Å². The van der Waals surface area contributed by atoms with Crippen molar-refractivity contribution >= 4 is 23.3 Å². The number of fused-ring (bicyclic) bond motifs is 3. The fourth-order valence-electron chi connectivity index (χ4n) is 7.08. The maximum atomic E-state index is 14.1. The summed E-state index contributed by atoms with van der Waals surface area (Å²) < 4.78 is 16.8. The predicted molar refractivity (Wildman–Crippen MR) is 157 cm³/mol. The fraction of sp³-hybridized carbons (Fsp3) is 0.394. The van der Waals surface area contributed by atoms with E-state index >= 15 is 0 Å². The highest BCUT2D eigenvalue weighted by molar-refractivity contribution is 5.99. The number of piperazine rings is 1. The van der Waals surface area contributed by atoms with Crippen LogP contribution in [-0.2, 0) is 48.5 Å². The lowest BCUT2D eigenvalue weighted by Gasteiger charge is -2.45. The third-order valence-corrected chi connectivity index (χ3v) is 9.28. The second-order valence-corrected chi connectivity index (χ2v) is 11.9. The maximum absolute atomic E-state index is 14.1. The zero-order chi connectivity index (χ0) is 29.6. The highest BCUT2D eigenvalue weighted by Crippen LogP contribution is 2.46. The third-order valence-electron chi connectivity index (χ3n) is 9.28. The number of pyridine rings is 1. The van der Waals surface area contributed by atoms with E-state index < -0.39 is 17.0 Å². The van der Waals surface area contributed by atoms with Gasteiger partial charge in [-0.1, -0.05) is 24.3 Å². The molecule has 0 radical (unpaired) electrons. The first-order valence-electron chi connectivity index (χ1n) is 14.7. The molecule has 2 aromatic carbocycles. The van der Waals surface area contributed by atoms with Crippen LogP contribution in [0.4, 0.5) is 5.69 Å². The van der Waals surface area contributed by atoms with Crippen molar-refractivity contribution in [1.82, 2.24) is 15.2 Å². The number of nitrogens with zero attached hydrogens (tertiary/aromatic N) is 2. The zero-order valence-corrected chi connectivity index (χ0v) is 24.1. The molecule has 222 valence electrons. The number of amides is 2. The Morgan fingerprint density at radius 3 is 2.70 bits per heavy atom. The van der Waals surface area contributed by atoms with Gasteiger partial charge in [-0.25, -0.2) is 0 Å². The first-order chi connectivity index (χ1) is 20.9. The number of nitrogens with one attached hydrogen (secondary N) is 2. The van der Waals surface area contributed by atoms with Gasteiger partial charge in [-0.05, 0) is 65.4 Å². The number of ketones is 1. The Balaban J connectivity index is 1.12. The number of anilines is 1. The van der Waals surface area contributed by atoms with Crippen LogP contribution in [0, 0.1) is 0 Å². The van der Waals surface area contributed by atoms with E-state index in [-0.39, 0.29) is 37.4 Å². The minimum Gasteiger partial charge on any atom is -0.497 e. The van der Waals surface area contributed by atoms with Gasteiger partial charge in [0.25, 0.3) is 0 Å². The van der Waals surface area contributed by atoms with Crippen molar-refractivity contribution in [3.8, 4) is 5.75 Å². The van der Waals surface area contributed by atoms with Gasteiger partial charge >= 0.3 is 0 Å². The molecule has 2 amide bonds. The van der Waals surface area contributed by atoms with Crippen molar-refractivity contribution in [2.45, 2.75) is 36.3 Å². The number of carbonyl (C=O) groups excluding carboxylic acids is 3. The molecule has 10 nitrogen and oxygen atoms in total. The smallest absolute Gasteiger partial charge is 0.248 e. The molecule has 2 fully saturated rings. The standard InChI is InChI=1S/C33H34N4O6/c1-41-25-5-2-4-21(13-25)28-17-35-33(19-42-10-11-43-20-33)31(40)37(28)18-30(39)36-24-8-7-22-15-32(16-23(22)12-24)26-6-3-9-34-27(26)14-29(32)38/h2-9,12-13,28,35H,10-11,14-20H2,1H3,(H,36,39)/t28?,32-/m1/s1. The van der Waals surface area contributed by atoms with Crippen LogP contribution >= 0.6 is 0 Å². The Kier molecular flexibility index (Phi) is 6.99. The van der Waals surface area contributed by atoms with Crippen molar-refractivity contribution in [2.75, 3.05) is 51.9 Å². The normalized spacial score (nSPS) is 24.1. The van der Waals surface area contributed by atoms with Gasteiger partial charge in [0.15, 0.2) is 0 Å². The molecule has 7 rings (SSSR count). The van der Waals surface area contributed by atoms with E-state index in [2.05, 4.69) is 15.6 Å². The zero-order valence-electron chi connectivity index (χ0n) is 24.1. The van der Waals surface area contributed by atoms with Crippen LogP contribution in [0.25, 0.3) is 0 Å². The molecule has 2 aliphatic heterocycles. The van der Waals surface area contributed by atoms with Crippen LogP contribution in [-0.4, -0.2) is 79.6 Å². The number of aromatic nitrogens is 1. The summed E-state index contributed by atoms with van der Waals surface area (Å²) in [6.07, 6.45) is 3.32. The largest absolute Gasteiger partial charge is 0.497 e. The highest BCUT2D eigenvalue weighted by Gasteiger charge is 2.51. The van der Waals surface area contributed by atoms with Crippen molar-refractivity contribution < 1.29 is 28.6 Å². The summed E-state index contributed by atoms with van der Waals surface area (Å²) >= 11 is 0. The lowest BCUT2D eigenvalue weighted by Crippen LogP contribution is -2.69. The maximum Gasteiger partial charge on any atom is 0.248 e. The monoisotopic (exact) mass is 582 g/mol. The molecule has 2 atom stereocenters. The van der Waals surface area contributed by atoms with Crippen molar-refractivity contribution in [3.63, 3.8) is 0 Å². The van der Waals surface area contributed by atoms with Crippen molar-refractivity contribution in [2.24, 2.45) is 0 Å². The Bertz CT molecular complexity index is 1600. The number of benzene rings is 2. The molecule has 0 bridgehead atoms. The average molecular weight is 583 g/mol. The summed E-state index contributed by atoms with van der Waals surface area (Å²) in [6.45, 7) is 1.41. The molecule has 1 unspecified atom stereocenters. The molecule has 3 heterocycles. The van der Waals surface area contributed by atoms with E-state index in [0.29, 0.717) is 50.5 Å². The average Bonchev–Trinajstić information content (AvgIpc) is 3.42. The second-order valence-electron chi connectivity index (χ2n) is 11.9. The van der Waals surface area contributed by atoms with Gasteiger partial charge < -0.3 is 24.4 Å². The Morgan fingerprint density at radius 1 is 1.07 bits per heavy atom. The molecule has 2 aliphatic carbocycles. The minimum atomic E-state index is -1.06. The molecule has 2 saturated heterocycles. The van der Waals surface area contributed by atoms with E-state index in [1.165, 1.54) is 0 Å². The third kappa shape index (κ3) is 4.79. The van der Waals surface area contributed by atoms with E-state index in [9.17, 15) is 14.4 Å². The molecular formula is C33H34N4O6. The summed E-state index contributed by atoms with van der Waals surface area (Å²) in [4.78, 5) is 46.9. The SMILES string of the molecule is COc1cccc(C2CNC3(COCCOC3)C(=O)N2CC(=O)Nc2ccc3c(c2)C[C@@]2(C3)C(=O)Cc3ncccc32)c1. The van der Waals surface area contributed by atoms with Crippen LogP contribution in [0.15, 0.2) is 60.8 Å². The van der Waals surface area contributed by atoms with E-state index in [0.717, 1.165) is 27.9 Å². The number of methoxy groups -OCH3 is 1. The minimum absolute atomic E-state index is 0.150. The van der Waals surface area contributed by atoms with Crippen LogP contribution in [0.2, 0.25) is 0 Å². The van der Waals surface area contributed by atoms with Gasteiger partial charge in [0, 0.05) is 24.8 Å². The number of Topliss-reactive ketones (excluding diaryl/α,β-unsaturated/α-hetero) is 1. The molecule has 43 heavy (non-hydrogen) atoms. The van der Waals surface area contributed by atoms with E-state index in [4.69, 9.17) is 14.2 Å². The van der Waals surface area contributed by atoms with Crippen molar-refractivity contribution in [3.05, 3.63) is 88.7 Å². The number of rotatable bonds is 5. The van der Waals surface area contributed by atoms with Crippen LogP contribution in [0.3, 0.4) is 0 Å². The van der Waals surface area contributed by atoms with Gasteiger partial charge in [-0.15, -0.1) is 0 Å². The van der Waals surface area contributed by atoms with Gasteiger partial charge in [-0.3, -0.25) is 24.7 Å². The Hall–Kier alpha value is -4.12. The Morgan fingerprint density at radius 2 is 1.88 bits per heavy atom. The topological polar surface area (TPSA) is 119 Å². The van der Waals surface area contributed by atoms with Gasteiger partial charge in [0.05, 0.1) is 50.7 Å². The fourth-order valence-corrected chi connectivity index (χ4v) is 7.08. The molecule has 2 N–H and O–H groups in total. The summed E-state index contributed by atoms with van der Waals surface area (Å²) in [5.41, 5.74) is 3.88. The number of hydrogen-bond acceptors (Lipinski definition) is 8. The first kappa shape index (κ1) is 27.7. The highest BCUT2D eigenvalue weighted by atomic mass is 16.5. The lowest BCUT2D eigenvalue weighted by molar-refractivity contribution is -0.151.